The second-order valence-corrected chi connectivity index (χ2v) is 8.76. The van der Waals surface area contributed by atoms with Gasteiger partial charge in [-0.1, -0.05) is 67.5 Å². The lowest BCUT2D eigenvalue weighted by molar-refractivity contribution is -0.126. The SMILES string of the molecule is CC(C)C(CNC(=O)OCC1c2ccccc2-c2ccccc21)C(=O)NCc1cc(C(=O)O)no1. The van der Waals surface area contributed by atoms with Crippen LogP contribution in [0.15, 0.2) is 59.1 Å². The van der Waals surface area contributed by atoms with E-state index in [2.05, 4.69) is 27.9 Å². The summed E-state index contributed by atoms with van der Waals surface area (Å²) in [7, 11) is 0. The minimum atomic E-state index is -1.21. The molecule has 0 fully saturated rings. The van der Waals surface area contributed by atoms with E-state index in [0.29, 0.717) is 0 Å². The zero-order valence-electron chi connectivity index (χ0n) is 19.5. The molecule has 0 saturated carbocycles. The van der Waals surface area contributed by atoms with Crippen LogP contribution >= 0.6 is 0 Å². The molecule has 0 spiro atoms. The maximum absolute atomic E-state index is 12.7. The van der Waals surface area contributed by atoms with Crippen molar-refractivity contribution in [3.05, 3.63) is 77.2 Å². The van der Waals surface area contributed by atoms with Crippen LogP contribution in [0.5, 0.6) is 0 Å². The van der Waals surface area contributed by atoms with Crippen molar-refractivity contribution in [3.63, 3.8) is 0 Å². The number of rotatable bonds is 9. The molecule has 1 heterocycles. The van der Waals surface area contributed by atoms with Gasteiger partial charge in [0.2, 0.25) is 5.91 Å². The maximum Gasteiger partial charge on any atom is 0.407 e. The lowest BCUT2D eigenvalue weighted by Gasteiger charge is -2.21. The van der Waals surface area contributed by atoms with E-state index in [9.17, 15) is 14.4 Å². The number of fused-ring (bicyclic) bond motifs is 3. The van der Waals surface area contributed by atoms with Crippen molar-refractivity contribution < 1.29 is 28.8 Å². The third-order valence-electron chi connectivity index (χ3n) is 6.17. The van der Waals surface area contributed by atoms with Crippen LogP contribution < -0.4 is 10.6 Å². The number of amides is 2. The van der Waals surface area contributed by atoms with Crippen LogP contribution in [0.4, 0.5) is 4.79 Å². The fraction of sp³-hybridized carbons (Fsp3) is 0.308. The van der Waals surface area contributed by atoms with Crippen LogP contribution in [0.2, 0.25) is 0 Å². The molecule has 2 aromatic carbocycles. The Hall–Kier alpha value is -4.14. The predicted octanol–water partition coefficient (Wildman–Crippen LogP) is 3.80. The third-order valence-corrected chi connectivity index (χ3v) is 6.17. The molecule has 9 heteroatoms. The molecule has 35 heavy (non-hydrogen) atoms. The van der Waals surface area contributed by atoms with Gasteiger partial charge < -0.3 is 25.0 Å². The molecule has 9 nitrogen and oxygen atoms in total. The van der Waals surface area contributed by atoms with Gasteiger partial charge >= 0.3 is 12.1 Å². The van der Waals surface area contributed by atoms with Crippen LogP contribution in [0.1, 0.15) is 47.1 Å². The second kappa shape index (κ2) is 10.4. The van der Waals surface area contributed by atoms with Gasteiger partial charge in [0.1, 0.15) is 6.61 Å². The van der Waals surface area contributed by atoms with Gasteiger partial charge in [-0.25, -0.2) is 9.59 Å². The highest BCUT2D eigenvalue weighted by Gasteiger charge is 2.29. The fourth-order valence-corrected chi connectivity index (χ4v) is 4.28. The lowest BCUT2D eigenvalue weighted by Crippen LogP contribution is -2.41. The van der Waals surface area contributed by atoms with Gasteiger partial charge in [0, 0.05) is 18.5 Å². The van der Waals surface area contributed by atoms with Crippen LogP contribution in [0.3, 0.4) is 0 Å². The largest absolute Gasteiger partial charge is 0.476 e. The van der Waals surface area contributed by atoms with Crippen molar-refractivity contribution in [1.82, 2.24) is 15.8 Å². The highest BCUT2D eigenvalue weighted by molar-refractivity contribution is 5.85. The number of carbonyl (C=O) groups excluding carboxylic acids is 2. The van der Waals surface area contributed by atoms with Gasteiger partial charge in [-0.3, -0.25) is 4.79 Å². The van der Waals surface area contributed by atoms with Crippen LogP contribution in [-0.4, -0.2) is 41.4 Å². The number of carbonyl (C=O) groups is 3. The molecule has 1 aliphatic carbocycles. The molecule has 182 valence electrons. The van der Waals surface area contributed by atoms with E-state index in [4.69, 9.17) is 14.4 Å². The van der Waals surface area contributed by atoms with Gasteiger partial charge in [-0.2, -0.15) is 0 Å². The number of hydrogen-bond donors (Lipinski definition) is 3. The highest BCUT2D eigenvalue weighted by atomic mass is 16.5. The molecule has 1 atom stereocenters. The number of benzene rings is 2. The Kier molecular flexibility index (Phi) is 7.14. The lowest BCUT2D eigenvalue weighted by atomic mass is 9.95. The van der Waals surface area contributed by atoms with Gasteiger partial charge in [0.05, 0.1) is 12.5 Å². The van der Waals surface area contributed by atoms with Crippen LogP contribution in [0.25, 0.3) is 11.1 Å². The Bertz CT molecular complexity index is 1190. The number of aromatic carboxylic acids is 1. The molecule has 1 unspecified atom stereocenters. The smallest absolute Gasteiger partial charge is 0.407 e. The number of hydrogen-bond acceptors (Lipinski definition) is 6. The summed E-state index contributed by atoms with van der Waals surface area (Å²) >= 11 is 0. The minimum Gasteiger partial charge on any atom is -0.476 e. The number of ether oxygens (including phenoxy) is 1. The van der Waals surface area contributed by atoms with Crippen LogP contribution in [0, 0.1) is 11.8 Å². The summed E-state index contributed by atoms with van der Waals surface area (Å²) in [6.07, 6.45) is -0.591. The number of carboxylic acid groups (broad SMARTS) is 1. The zero-order chi connectivity index (χ0) is 24.9. The summed E-state index contributed by atoms with van der Waals surface area (Å²) in [6.45, 7) is 4.03. The van der Waals surface area contributed by atoms with E-state index in [1.165, 1.54) is 6.07 Å². The first-order valence-corrected chi connectivity index (χ1v) is 11.4. The van der Waals surface area contributed by atoms with Crippen molar-refractivity contribution in [2.75, 3.05) is 13.2 Å². The Labute approximate surface area is 202 Å². The normalized spacial score (nSPS) is 13.1. The van der Waals surface area contributed by atoms with Crippen molar-refractivity contribution in [1.29, 1.82) is 0 Å². The number of alkyl carbamates (subject to hydrolysis) is 1. The van der Waals surface area contributed by atoms with E-state index >= 15 is 0 Å². The quantitative estimate of drug-likeness (QED) is 0.427. The van der Waals surface area contributed by atoms with E-state index in [1.54, 1.807) is 0 Å². The van der Waals surface area contributed by atoms with Crippen molar-refractivity contribution in [2.45, 2.75) is 26.3 Å². The van der Waals surface area contributed by atoms with E-state index in [0.717, 1.165) is 22.3 Å². The van der Waals surface area contributed by atoms with Gasteiger partial charge in [0.15, 0.2) is 11.5 Å². The summed E-state index contributed by atoms with van der Waals surface area (Å²) < 4.78 is 10.5. The molecule has 3 aromatic rings. The minimum absolute atomic E-state index is 0.00667. The zero-order valence-corrected chi connectivity index (χ0v) is 19.5. The van der Waals surface area contributed by atoms with Crippen molar-refractivity contribution in [2.24, 2.45) is 11.8 Å². The number of nitrogens with zero attached hydrogens (tertiary/aromatic N) is 1. The Morgan fingerprint density at radius 1 is 1.03 bits per heavy atom. The Morgan fingerprint density at radius 2 is 1.66 bits per heavy atom. The summed E-state index contributed by atoms with van der Waals surface area (Å²) in [4.78, 5) is 36.0. The first-order valence-electron chi connectivity index (χ1n) is 11.4. The number of aromatic nitrogens is 1. The van der Waals surface area contributed by atoms with Crippen molar-refractivity contribution >= 4 is 18.0 Å². The molecule has 0 bridgehead atoms. The monoisotopic (exact) mass is 477 g/mol. The van der Waals surface area contributed by atoms with E-state index in [1.807, 2.05) is 50.2 Å². The average Bonchev–Trinajstić information content (AvgIpc) is 3.44. The molecular weight excluding hydrogens is 450 g/mol. The Morgan fingerprint density at radius 3 is 2.23 bits per heavy atom. The average molecular weight is 478 g/mol. The first-order chi connectivity index (χ1) is 16.8. The van der Waals surface area contributed by atoms with Gasteiger partial charge in [-0.15, -0.1) is 0 Å². The molecule has 4 rings (SSSR count). The van der Waals surface area contributed by atoms with E-state index < -0.39 is 18.0 Å². The highest BCUT2D eigenvalue weighted by Crippen LogP contribution is 2.44. The Balaban J connectivity index is 1.30. The molecular formula is C26H27N3O6. The summed E-state index contributed by atoms with van der Waals surface area (Å²) in [5.74, 6) is -1.91. The molecule has 0 radical (unpaired) electrons. The maximum atomic E-state index is 12.7. The molecule has 3 N–H and O–H groups in total. The first kappa shape index (κ1) is 24.0. The molecule has 0 saturated heterocycles. The second-order valence-electron chi connectivity index (χ2n) is 8.76. The summed E-state index contributed by atoms with van der Waals surface area (Å²) in [5, 5.41) is 17.7. The fourth-order valence-electron chi connectivity index (χ4n) is 4.28. The van der Waals surface area contributed by atoms with Crippen LogP contribution in [-0.2, 0) is 16.1 Å². The molecule has 2 amide bonds. The van der Waals surface area contributed by atoms with Crippen molar-refractivity contribution in [3.8, 4) is 11.1 Å². The standard InChI is InChI=1S/C26H27N3O6/c1-15(2)21(24(30)27-12-16-11-23(25(31)32)29-35-16)13-28-26(33)34-14-22-19-9-5-3-7-17(19)18-8-4-6-10-20(18)22/h3-11,15,21-22H,12-14H2,1-2H3,(H,27,30)(H,28,33)(H,31,32). The number of carboxylic acids is 1. The van der Waals surface area contributed by atoms with Gasteiger partial charge in [0.25, 0.3) is 0 Å². The van der Waals surface area contributed by atoms with Gasteiger partial charge in [-0.05, 0) is 28.2 Å². The molecule has 1 aromatic heterocycles. The predicted molar refractivity (Wildman–Crippen MR) is 127 cm³/mol. The topological polar surface area (TPSA) is 131 Å². The summed E-state index contributed by atoms with van der Waals surface area (Å²) in [6, 6.07) is 17.4. The number of nitrogens with one attached hydrogen (secondary N) is 2. The third kappa shape index (κ3) is 5.34. The van der Waals surface area contributed by atoms with E-state index in [-0.39, 0.29) is 48.9 Å². The molecule has 1 aliphatic rings. The summed E-state index contributed by atoms with van der Waals surface area (Å²) in [5.41, 5.74) is 4.32. The molecule has 0 aliphatic heterocycles.